The molecule has 0 amide bonds. The van der Waals surface area contributed by atoms with E-state index in [0.717, 1.165) is 20.1 Å². The van der Waals surface area contributed by atoms with E-state index in [4.69, 9.17) is 4.42 Å². The van der Waals surface area contributed by atoms with Gasteiger partial charge in [-0.2, -0.15) is 0 Å². The van der Waals surface area contributed by atoms with E-state index in [2.05, 4.69) is 51.8 Å². The molecule has 2 rings (SSSR count). The molecule has 0 unspecified atom stereocenters. The van der Waals surface area contributed by atoms with Crippen LogP contribution in [0.4, 0.5) is 0 Å². The molecular weight excluding hydrogens is 296 g/mol. The van der Waals surface area contributed by atoms with Crippen molar-refractivity contribution in [2.75, 3.05) is 0 Å². The molecule has 0 aliphatic carbocycles. The van der Waals surface area contributed by atoms with Crippen molar-refractivity contribution in [2.45, 2.75) is 13.8 Å². The second-order valence-electron chi connectivity index (χ2n) is 3.14. The number of benzene rings is 1. The summed E-state index contributed by atoms with van der Waals surface area (Å²) in [5.74, 6) is 0. The Balaban J connectivity index is 2.94. The minimum absolute atomic E-state index is 0.760. The smallest absolute Gasteiger partial charge is 0.184 e. The topological polar surface area (TPSA) is 13.1 Å². The molecule has 2 aromatic rings. The molecule has 1 aromatic heterocycles. The molecule has 1 heterocycles. The van der Waals surface area contributed by atoms with Gasteiger partial charge in [0, 0.05) is 5.39 Å². The minimum atomic E-state index is 0.760. The molecule has 1 aromatic carbocycles. The summed E-state index contributed by atoms with van der Waals surface area (Å²) >= 11 is 6.84. The first kappa shape index (κ1) is 9.28. The van der Waals surface area contributed by atoms with Crippen molar-refractivity contribution in [1.82, 2.24) is 0 Å². The van der Waals surface area contributed by atoms with Gasteiger partial charge in [-0.3, -0.25) is 0 Å². The van der Waals surface area contributed by atoms with Gasteiger partial charge in [0.05, 0.1) is 4.47 Å². The Morgan fingerprint density at radius 1 is 1.15 bits per heavy atom. The van der Waals surface area contributed by atoms with Crippen molar-refractivity contribution in [1.29, 1.82) is 0 Å². The molecule has 13 heavy (non-hydrogen) atoms. The van der Waals surface area contributed by atoms with Crippen LogP contribution in [0, 0.1) is 13.8 Å². The number of hydrogen-bond donors (Lipinski definition) is 0. The lowest BCUT2D eigenvalue weighted by molar-refractivity contribution is 0.584. The van der Waals surface area contributed by atoms with Gasteiger partial charge in [-0.25, -0.2) is 0 Å². The molecule has 0 saturated carbocycles. The molecule has 0 fully saturated rings. The fraction of sp³-hybridized carbons (Fsp3) is 0.200. The number of fused-ring (bicyclic) bond motifs is 1. The third-order valence-corrected chi connectivity index (χ3v) is 3.88. The van der Waals surface area contributed by atoms with Gasteiger partial charge in [-0.1, -0.05) is 6.07 Å². The van der Waals surface area contributed by atoms with Crippen LogP contribution in [0.15, 0.2) is 25.7 Å². The predicted octanol–water partition coefficient (Wildman–Crippen LogP) is 4.57. The van der Waals surface area contributed by atoms with Crippen molar-refractivity contribution >= 4 is 42.8 Å². The van der Waals surface area contributed by atoms with E-state index >= 15 is 0 Å². The lowest BCUT2D eigenvalue weighted by Gasteiger charge is -1.97. The highest BCUT2D eigenvalue weighted by atomic mass is 79.9. The fourth-order valence-corrected chi connectivity index (χ4v) is 2.49. The first-order valence-electron chi connectivity index (χ1n) is 3.94. The van der Waals surface area contributed by atoms with Crippen molar-refractivity contribution in [3.05, 3.63) is 32.4 Å². The van der Waals surface area contributed by atoms with Crippen molar-refractivity contribution in [3.63, 3.8) is 0 Å². The van der Waals surface area contributed by atoms with Gasteiger partial charge >= 0.3 is 0 Å². The molecule has 1 nitrogen and oxygen atoms in total. The van der Waals surface area contributed by atoms with Crippen molar-refractivity contribution in [2.24, 2.45) is 0 Å². The number of aryl methyl sites for hydroxylation is 2. The van der Waals surface area contributed by atoms with Crippen LogP contribution in [0.25, 0.3) is 11.0 Å². The molecule has 0 aliphatic rings. The summed E-state index contributed by atoms with van der Waals surface area (Å²) in [5, 5.41) is 1.15. The van der Waals surface area contributed by atoms with Gasteiger partial charge in [0.15, 0.2) is 4.67 Å². The molecule has 68 valence electrons. The molecule has 0 atom stereocenters. The van der Waals surface area contributed by atoms with Gasteiger partial charge in [0.2, 0.25) is 0 Å². The van der Waals surface area contributed by atoms with Gasteiger partial charge in [-0.05, 0) is 62.9 Å². The van der Waals surface area contributed by atoms with E-state index < -0.39 is 0 Å². The molecule has 0 saturated heterocycles. The zero-order valence-corrected chi connectivity index (χ0v) is 10.5. The summed E-state index contributed by atoms with van der Waals surface area (Å²) in [4.78, 5) is 0. The molecule has 0 spiro atoms. The van der Waals surface area contributed by atoms with Crippen LogP contribution in [0.2, 0.25) is 0 Å². The molecule has 0 radical (unpaired) electrons. The highest BCUT2D eigenvalue weighted by molar-refractivity contribution is 9.13. The third-order valence-electron chi connectivity index (χ3n) is 2.04. The Morgan fingerprint density at radius 3 is 2.54 bits per heavy atom. The Hall–Kier alpha value is -0.280. The molecule has 3 heteroatoms. The van der Waals surface area contributed by atoms with Gasteiger partial charge in [0.1, 0.15) is 5.58 Å². The molecule has 0 aliphatic heterocycles. The van der Waals surface area contributed by atoms with Gasteiger partial charge in [0.25, 0.3) is 0 Å². The lowest BCUT2D eigenvalue weighted by Crippen LogP contribution is -1.77. The lowest BCUT2D eigenvalue weighted by atomic mass is 10.1. The second-order valence-corrected chi connectivity index (χ2v) is 4.66. The summed E-state index contributed by atoms with van der Waals surface area (Å²) in [5.41, 5.74) is 3.38. The normalized spacial score (nSPS) is 11.1. The summed E-state index contributed by atoms with van der Waals surface area (Å²) in [6.45, 7) is 4.15. The Kier molecular flexibility index (Phi) is 2.24. The number of hydrogen-bond acceptors (Lipinski definition) is 1. The summed E-state index contributed by atoms with van der Waals surface area (Å²) in [7, 11) is 0. The zero-order chi connectivity index (χ0) is 9.59. The van der Waals surface area contributed by atoms with Crippen LogP contribution in [-0.2, 0) is 0 Å². The summed E-state index contributed by atoms with van der Waals surface area (Å²) in [6.07, 6.45) is 0. The molecule has 0 bridgehead atoms. The van der Waals surface area contributed by atoms with E-state index in [1.807, 2.05) is 6.07 Å². The number of furan rings is 1. The van der Waals surface area contributed by atoms with Crippen LogP contribution < -0.4 is 0 Å². The van der Waals surface area contributed by atoms with Crippen molar-refractivity contribution in [3.8, 4) is 0 Å². The highest BCUT2D eigenvalue weighted by Crippen LogP contribution is 2.36. The van der Waals surface area contributed by atoms with E-state index in [9.17, 15) is 0 Å². The van der Waals surface area contributed by atoms with Crippen LogP contribution >= 0.6 is 31.9 Å². The average Bonchev–Trinajstić information content (AvgIpc) is 2.27. The second kappa shape index (κ2) is 3.14. The fourth-order valence-electron chi connectivity index (χ4n) is 1.53. The first-order chi connectivity index (χ1) is 6.09. The maximum absolute atomic E-state index is 5.53. The standard InChI is InChI=1S/C10H8Br2O/c1-5-3-6(2)8-7(4-5)13-10(12)9(8)11/h3-4H,1-2H3. The Morgan fingerprint density at radius 2 is 1.85 bits per heavy atom. The zero-order valence-electron chi connectivity index (χ0n) is 7.32. The largest absolute Gasteiger partial charge is 0.448 e. The third kappa shape index (κ3) is 1.44. The summed E-state index contributed by atoms with van der Waals surface area (Å²) in [6, 6.07) is 4.19. The van der Waals surface area contributed by atoms with Crippen LogP contribution in [0.1, 0.15) is 11.1 Å². The number of halogens is 2. The van der Waals surface area contributed by atoms with Gasteiger partial charge in [-0.15, -0.1) is 0 Å². The van der Waals surface area contributed by atoms with Crippen molar-refractivity contribution < 1.29 is 4.42 Å². The number of rotatable bonds is 0. The van der Waals surface area contributed by atoms with E-state index in [0.29, 0.717) is 0 Å². The first-order valence-corrected chi connectivity index (χ1v) is 5.53. The predicted molar refractivity (Wildman–Crippen MR) is 61.1 cm³/mol. The van der Waals surface area contributed by atoms with Gasteiger partial charge < -0.3 is 4.42 Å². The molecular formula is C10H8Br2O. The quantitative estimate of drug-likeness (QED) is 0.694. The van der Waals surface area contributed by atoms with E-state index in [-0.39, 0.29) is 0 Å². The average molecular weight is 304 g/mol. The Bertz CT molecular complexity index is 471. The summed E-state index contributed by atoms with van der Waals surface area (Å²) < 4.78 is 7.29. The minimum Gasteiger partial charge on any atom is -0.448 e. The van der Waals surface area contributed by atoms with E-state index in [1.165, 1.54) is 11.1 Å². The maximum Gasteiger partial charge on any atom is 0.184 e. The monoisotopic (exact) mass is 302 g/mol. The van der Waals surface area contributed by atoms with Crippen LogP contribution in [0.3, 0.4) is 0 Å². The highest BCUT2D eigenvalue weighted by Gasteiger charge is 2.11. The van der Waals surface area contributed by atoms with Crippen LogP contribution in [-0.4, -0.2) is 0 Å². The Labute approximate surface area is 93.4 Å². The molecule has 0 N–H and O–H groups in total. The van der Waals surface area contributed by atoms with E-state index in [1.54, 1.807) is 0 Å². The SMILES string of the molecule is Cc1cc(C)c2c(Br)c(Br)oc2c1. The van der Waals surface area contributed by atoms with Crippen LogP contribution in [0.5, 0.6) is 0 Å². The maximum atomic E-state index is 5.53.